The van der Waals surface area contributed by atoms with Gasteiger partial charge in [-0.05, 0) is 44.0 Å². The highest BCUT2D eigenvalue weighted by Gasteiger charge is 2.31. The minimum atomic E-state index is -0.336. The summed E-state index contributed by atoms with van der Waals surface area (Å²) in [5.74, 6) is 1.35. The fraction of sp³-hybridized carbons (Fsp3) is 0.300. The molecule has 2 aromatic heterocycles. The molecule has 1 aliphatic carbocycles. The lowest BCUT2D eigenvalue weighted by atomic mass is 10.2. The van der Waals surface area contributed by atoms with Crippen molar-refractivity contribution in [2.24, 2.45) is 0 Å². The number of carbonyl (C=O) groups excluding carboxylic acids is 1. The number of methoxy groups -OCH3 is 1. The predicted octanol–water partition coefficient (Wildman–Crippen LogP) is 3.80. The van der Waals surface area contributed by atoms with Gasteiger partial charge in [0.2, 0.25) is 5.91 Å². The molecule has 4 rings (SSSR count). The van der Waals surface area contributed by atoms with Crippen molar-refractivity contribution < 1.29 is 9.53 Å². The third kappa shape index (κ3) is 3.87. The largest absolute Gasteiger partial charge is 0.495 e. The lowest BCUT2D eigenvalue weighted by molar-refractivity contribution is -0.115. The molecule has 2 heterocycles. The van der Waals surface area contributed by atoms with Crippen LogP contribution in [-0.4, -0.2) is 38.0 Å². The van der Waals surface area contributed by atoms with E-state index in [4.69, 9.17) is 4.74 Å². The number of hydrogen-bond acceptors (Lipinski definition) is 6. The van der Waals surface area contributed by atoms with Crippen molar-refractivity contribution in [3.63, 3.8) is 0 Å². The number of benzene rings is 1. The number of nitrogens with one attached hydrogen (secondary N) is 1. The minimum absolute atomic E-state index is 0.106. The molecule has 8 heteroatoms. The quantitative estimate of drug-likeness (QED) is 0.613. The number of anilines is 1. The average molecular weight is 395 g/mol. The Morgan fingerprint density at radius 1 is 1.21 bits per heavy atom. The molecule has 0 aliphatic heterocycles. The number of para-hydroxylation sites is 2. The van der Waals surface area contributed by atoms with Crippen molar-refractivity contribution >= 4 is 23.4 Å². The van der Waals surface area contributed by atoms with Crippen LogP contribution in [0.5, 0.6) is 5.75 Å². The van der Waals surface area contributed by atoms with Crippen LogP contribution in [0.15, 0.2) is 53.9 Å². The number of amides is 1. The van der Waals surface area contributed by atoms with E-state index in [1.54, 1.807) is 19.5 Å². The van der Waals surface area contributed by atoms with Gasteiger partial charge in [0, 0.05) is 24.0 Å². The molecule has 7 nitrogen and oxygen atoms in total. The van der Waals surface area contributed by atoms with Crippen LogP contribution in [0.4, 0.5) is 5.69 Å². The van der Waals surface area contributed by atoms with Crippen molar-refractivity contribution in [3.8, 4) is 17.1 Å². The van der Waals surface area contributed by atoms with E-state index in [0.29, 0.717) is 17.5 Å². The second-order valence-electron chi connectivity index (χ2n) is 6.59. The van der Waals surface area contributed by atoms with Gasteiger partial charge >= 0.3 is 0 Å². The minimum Gasteiger partial charge on any atom is -0.495 e. The molecule has 1 fully saturated rings. The van der Waals surface area contributed by atoms with Crippen LogP contribution in [0.1, 0.15) is 25.8 Å². The maximum absolute atomic E-state index is 12.7. The number of aromatic nitrogens is 4. The van der Waals surface area contributed by atoms with E-state index in [1.807, 2.05) is 43.3 Å². The van der Waals surface area contributed by atoms with Crippen LogP contribution in [0.25, 0.3) is 11.4 Å². The van der Waals surface area contributed by atoms with E-state index in [9.17, 15) is 4.79 Å². The fourth-order valence-electron chi connectivity index (χ4n) is 2.91. The SMILES string of the molecule is COc1ccccc1NC(=O)[C@@H](C)Sc1nnc(-c2ccncc2)n1C1CC1. The van der Waals surface area contributed by atoms with Crippen molar-refractivity contribution in [3.05, 3.63) is 48.8 Å². The van der Waals surface area contributed by atoms with Gasteiger partial charge in [0.1, 0.15) is 5.75 Å². The van der Waals surface area contributed by atoms with Crippen LogP contribution < -0.4 is 10.1 Å². The van der Waals surface area contributed by atoms with Gasteiger partial charge in [0.15, 0.2) is 11.0 Å². The molecule has 28 heavy (non-hydrogen) atoms. The second kappa shape index (κ2) is 8.02. The molecular formula is C20H21N5O2S. The van der Waals surface area contributed by atoms with E-state index in [1.165, 1.54) is 11.8 Å². The van der Waals surface area contributed by atoms with Crippen molar-refractivity contribution in [2.75, 3.05) is 12.4 Å². The molecular weight excluding hydrogens is 374 g/mol. The number of pyridine rings is 1. The number of nitrogens with zero attached hydrogens (tertiary/aromatic N) is 4. The monoisotopic (exact) mass is 395 g/mol. The van der Waals surface area contributed by atoms with Crippen LogP contribution in [-0.2, 0) is 4.79 Å². The third-order valence-corrected chi connectivity index (χ3v) is 5.59. The zero-order valence-electron chi connectivity index (χ0n) is 15.7. The molecule has 1 aliphatic rings. The average Bonchev–Trinajstić information content (AvgIpc) is 3.49. The zero-order valence-corrected chi connectivity index (χ0v) is 16.5. The summed E-state index contributed by atoms with van der Waals surface area (Å²) >= 11 is 1.42. The molecule has 144 valence electrons. The zero-order chi connectivity index (χ0) is 19.5. The summed E-state index contributed by atoms with van der Waals surface area (Å²) in [4.78, 5) is 16.8. The summed E-state index contributed by atoms with van der Waals surface area (Å²) < 4.78 is 7.45. The van der Waals surface area contributed by atoms with E-state index in [2.05, 4.69) is 25.1 Å². The molecule has 1 atom stereocenters. The first kappa shape index (κ1) is 18.5. The van der Waals surface area contributed by atoms with E-state index < -0.39 is 0 Å². The summed E-state index contributed by atoms with van der Waals surface area (Å²) in [6.45, 7) is 1.87. The molecule has 1 aromatic carbocycles. The number of ether oxygens (including phenoxy) is 1. The first-order chi connectivity index (χ1) is 13.7. The van der Waals surface area contributed by atoms with Gasteiger partial charge in [-0.2, -0.15) is 0 Å². The smallest absolute Gasteiger partial charge is 0.237 e. The summed E-state index contributed by atoms with van der Waals surface area (Å²) in [5.41, 5.74) is 1.64. The standard InChI is InChI=1S/C20H21N5O2S/c1-13(19(26)22-16-5-3-4-6-17(16)27-2)28-20-24-23-18(25(20)15-7-8-15)14-9-11-21-12-10-14/h3-6,9-13,15H,7-8H2,1-2H3,(H,22,26)/t13-/m1/s1. The topological polar surface area (TPSA) is 81.9 Å². The number of hydrogen-bond donors (Lipinski definition) is 1. The number of carbonyl (C=O) groups is 1. The molecule has 1 N–H and O–H groups in total. The lowest BCUT2D eigenvalue weighted by Crippen LogP contribution is -2.23. The summed E-state index contributed by atoms with van der Waals surface area (Å²) in [5, 5.41) is 12.1. The van der Waals surface area contributed by atoms with Gasteiger partial charge in [-0.1, -0.05) is 23.9 Å². The summed E-state index contributed by atoms with van der Waals surface area (Å²) in [7, 11) is 1.59. The molecule has 1 amide bonds. The van der Waals surface area contributed by atoms with E-state index in [0.717, 1.165) is 29.4 Å². The van der Waals surface area contributed by atoms with Gasteiger partial charge in [0.25, 0.3) is 0 Å². The van der Waals surface area contributed by atoms with Gasteiger partial charge in [-0.25, -0.2) is 0 Å². The van der Waals surface area contributed by atoms with Crippen LogP contribution in [0.2, 0.25) is 0 Å². The highest BCUT2D eigenvalue weighted by atomic mass is 32.2. The van der Waals surface area contributed by atoms with Crippen molar-refractivity contribution in [1.82, 2.24) is 19.7 Å². The van der Waals surface area contributed by atoms with Gasteiger partial charge in [-0.15, -0.1) is 10.2 Å². The molecule has 0 radical (unpaired) electrons. The Morgan fingerprint density at radius 2 is 1.96 bits per heavy atom. The Balaban J connectivity index is 1.52. The first-order valence-electron chi connectivity index (χ1n) is 9.13. The van der Waals surface area contributed by atoms with Crippen molar-refractivity contribution in [1.29, 1.82) is 0 Å². The van der Waals surface area contributed by atoms with Crippen LogP contribution in [0, 0.1) is 0 Å². The Kier molecular flexibility index (Phi) is 5.29. The third-order valence-electron chi connectivity index (χ3n) is 4.53. The highest BCUT2D eigenvalue weighted by molar-refractivity contribution is 8.00. The first-order valence-corrected chi connectivity index (χ1v) is 10.0. The van der Waals surface area contributed by atoms with E-state index in [-0.39, 0.29) is 11.2 Å². The summed E-state index contributed by atoms with van der Waals surface area (Å²) in [6.07, 6.45) is 5.70. The Morgan fingerprint density at radius 3 is 2.68 bits per heavy atom. The molecule has 0 bridgehead atoms. The molecule has 3 aromatic rings. The Bertz CT molecular complexity index is 972. The van der Waals surface area contributed by atoms with Crippen LogP contribution >= 0.6 is 11.8 Å². The second-order valence-corrected chi connectivity index (χ2v) is 7.90. The van der Waals surface area contributed by atoms with Gasteiger partial charge < -0.3 is 10.1 Å². The molecule has 0 saturated heterocycles. The Hall–Kier alpha value is -2.87. The summed E-state index contributed by atoms with van der Waals surface area (Å²) in [6, 6.07) is 11.6. The molecule has 0 unspecified atom stereocenters. The van der Waals surface area contributed by atoms with Crippen molar-refractivity contribution in [2.45, 2.75) is 36.2 Å². The van der Waals surface area contributed by atoms with E-state index >= 15 is 0 Å². The van der Waals surface area contributed by atoms with Crippen LogP contribution in [0.3, 0.4) is 0 Å². The molecule has 1 saturated carbocycles. The van der Waals surface area contributed by atoms with Gasteiger partial charge in [0.05, 0.1) is 18.0 Å². The normalized spacial score (nSPS) is 14.5. The fourth-order valence-corrected chi connectivity index (χ4v) is 3.83. The maximum atomic E-state index is 12.7. The van der Waals surface area contributed by atoms with Gasteiger partial charge in [-0.3, -0.25) is 14.3 Å². The molecule has 0 spiro atoms. The maximum Gasteiger partial charge on any atom is 0.237 e. The highest BCUT2D eigenvalue weighted by Crippen LogP contribution is 2.41. The predicted molar refractivity (Wildman–Crippen MR) is 108 cm³/mol. The number of thioether (sulfide) groups is 1. The Labute approximate surface area is 167 Å². The lowest BCUT2D eigenvalue weighted by Gasteiger charge is -2.14. The number of rotatable bonds is 7.